The van der Waals surface area contributed by atoms with Crippen molar-refractivity contribution in [3.8, 4) is 22.8 Å². The van der Waals surface area contributed by atoms with E-state index in [-0.39, 0.29) is 0 Å². The first-order valence-corrected chi connectivity index (χ1v) is 9.03. The number of thiazole rings is 1. The monoisotopic (exact) mass is 367 g/mol. The molecule has 0 aliphatic rings. The van der Waals surface area contributed by atoms with Gasteiger partial charge in [0.25, 0.3) is 0 Å². The zero-order chi connectivity index (χ0) is 18.5. The molecule has 0 spiro atoms. The van der Waals surface area contributed by atoms with E-state index in [0.717, 1.165) is 27.7 Å². The number of hydrogen-bond acceptors (Lipinski definition) is 6. The van der Waals surface area contributed by atoms with Gasteiger partial charge in [-0.25, -0.2) is 4.98 Å². The maximum absolute atomic E-state index is 5.36. The summed E-state index contributed by atoms with van der Waals surface area (Å²) in [6.07, 6.45) is 1.70. The van der Waals surface area contributed by atoms with Gasteiger partial charge in [-0.05, 0) is 31.5 Å². The van der Waals surface area contributed by atoms with Gasteiger partial charge in [0.15, 0.2) is 0 Å². The molecule has 0 aliphatic heterocycles. The zero-order valence-corrected chi connectivity index (χ0v) is 16.1. The summed E-state index contributed by atoms with van der Waals surface area (Å²) in [5.74, 6) is 1.44. The number of hydrazone groups is 1. The Labute approximate surface area is 157 Å². The minimum absolute atomic E-state index is 0.699. The summed E-state index contributed by atoms with van der Waals surface area (Å²) in [5.41, 5.74) is 8.39. The minimum Gasteiger partial charge on any atom is -0.497 e. The van der Waals surface area contributed by atoms with E-state index in [9.17, 15) is 0 Å². The summed E-state index contributed by atoms with van der Waals surface area (Å²) in [5, 5.41) is 7.04. The van der Waals surface area contributed by atoms with E-state index in [1.165, 1.54) is 22.5 Å². The average Bonchev–Trinajstić information content (AvgIpc) is 3.10. The number of anilines is 1. The number of hydrogen-bond donors (Lipinski definition) is 1. The summed E-state index contributed by atoms with van der Waals surface area (Å²) in [4.78, 5) is 4.61. The fourth-order valence-electron chi connectivity index (χ4n) is 2.63. The quantitative estimate of drug-likeness (QED) is 0.498. The Bertz CT molecular complexity index is 935. The lowest BCUT2D eigenvalue weighted by atomic mass is 10.0. The van der Waals surface area contributed by atoms with Crippen LogP contribution in [-0.2, 0) is 0 Å². The zero-order valence-electron chi connectivity index (χ0n) is 15.2. The third-order valence-corrected chi connectivity index (χ3v) is 4.71. The van der Waals surface area contributed by atoms with Crippen LogP contribution < -0.4 is 14.9 Å². The molecule has 0 fully saturated rings. The smallest absolute Gasteiger partial charge is 0.203 e. The van der Waals surface area contributed by atoms with Crippen molar-refractivity contribution in [2.45, 2.75) is 13.8 Å². The van der Waals surface area contributed by atoms with E-state index in [1.54, 1.807) is 20.4 Å². The molecule has 0 atom stereocenters. The van der Waals surface area contributed by atoms with Gasteiger partial charge in [0.1, 0.15) is 11.5 Å². The van der Waals surface area contributed by atoms with Crippen LogP contribution in [0.5, 0.6) is 11.5 Å². The Hall–Kier alpha value is -2.86. The van der Waals surface area contributed by atoms with Crippen molar-refractivity contribution in [3.63, 3.8) is 0 Å². The molecule has 134 valence electrons. The van der Waals surface area contributed by atoms with Gasteiger partial charge in [-0.15, -0.1) is 11.3 Å². The molecular weight excluding hydrogens is 346 g/mol. The van der Waals surface area contributed by atoms with Gasteiger partial charge in [-0.1, -0.05) is 23.8 Å². The molecule has 0 unspecified atom stereocenters. The summed E-state index contributed by atoms with van der Waals surface area (Å²) < 4.78 is 10.6. The van der Waals surface area contributed by atoms with Crippen molar-refractivity contribution >= 4 is 22.7 Å². The Balaban J connectivity index is 1.73. The molecule has 6 heteroatoms. The second-order valence-corrected chi connectivity index (χ2v) is 6.69. The molecule has 26 heavy (non-hydrogen) atoms. The Kier molecular flexibility index (Phi) is 5.53. The molecule has 0 bridgehead atoms. The van der Waals surface area contributed by atoms with Crippen LogP contribution in [0.4, 0.5) is 5.13 Å². The predicted molar refractivity (Wildman–Crippen MR) is 108 cm³/mol. The highest BCUT2D eigenvalue weighted by Gasteiger charge is 2.07. The average molecular weight is 367 g/mol. The predicted octanol–water partition coefficient (Wildman–Crippen LogP) is 4.89. The second kappa shape index (κ2) is 8.01. The molecule has 1 aromatic heterocycles. The first-order valence-electron chi connectivity index (χ1n) is 8.15. The normalized spacial score (nSPS) is 10.9. The lowest BCUT2D eigenvalue weighted by molar-refractivity contribution is 0.394. The summed E-state index contributed by atoms with van der Waals surface area (Å²) >= 11 is 1.52. The Morgan fingerprint density at radius 1 is 1.08 bits per heavy atom. The van der Waals surface area contributed by atoms with Gasteiger partial charge in [0.05, 0.1) is 26.1 Å². The number of ether oxygens (including phenoxy) is 2. The van der Waals surface area contributed by atoms with Gasteiger partial charge in [0.2, 0.25) is 5.13 Å². The van der Waals surface area contributed by atoms with Crippen LogP contribution in [0.1, 0.15) is 16.7 Å². The van der Waals surface area contributed by atoms with Crippen LogP contribution in [-0.4, -0.2) is 25.4 Å². The molecule has 1 N–H and O–H groups in total. The third-order valence-electron chi connectivity index (χ3n) is 3.97. The number of nitrogens with zero attached hydrogens (tertiary/aromatic N) is 2. The Morgan fingerprint density at radius 3 is 2.65 bits per heavy atom. The van der Waals surface area contributed by atoms with Crippen LogP contribution >= 0.6 is 11.3 Å². The largest absolute Gasteiger partial charge is 0.497 e. The molecule has 3 aromatic rings. The molecule has 0 saturated heterocycles. The standard InChI is InChI=1S/C20H21N3O2S/c1-13-5-8-17(14(2)9-13)18-12-26-20(22-18)23-21-11-15-6-7-16(24-3)10-19(15)25-4/h5-12H,1-4H3,(H,22,23)/b21-11-. The highest BCUT2D eigenvalue weighted by molar-refractivity contribution is 7.14. The van der Waals surface area contributed by atoms with Crippen LogP contribution in [0.2, 0.25) is 0 Å². The first-order chi connectivity index (χ1) is 12.6. The summed E-state index contributed by atoms with van der Waals surface area (Å²) in [6.45, 7) is 4.19. The summed E-state index contributed by atoms with van der Waals surface area (Å²) in [6, 6.07) is 12.0. The van der Waals surface area contributed by atoms with Crippen molar-refractivity contribution in [2.75, 3.05) is 19.6 Å². The SMILES string of the molecule is COc1ccc(/C=N\Nc2nc(-c3ccc(C)cc3C)cs2)c(OC)c1. The fraction of sp³-hybridized carbons (Fsp3) is 0.200. The molecule has 5 nitrogen and oxygen atoms in total. The third kappa shape index (κ3) is 4.03. The van der Waals surface area contributed by atoms with Gasteiger partial charge < -0.3 is 9.47 Å². The molecule has 0 radical (unpaired) electrons. The summed E-state index contributed by atoms with van der Waals surface area (Å²) in [7, 11) is 3.25. The number of nitrogens with one attached hydrogen (secondary N) is 1. The molecule has 0 amide bonds. The van der Waals surface area contributed by atoms with Crippen molar-refractivity contribution in [1.29, 1.82) is 0 Å². The molecule has 1 heterocycles. The Morgan fingerprint density at radius 2 is 1.92 bits per heavy atom. The van der Waals surface area contributed by atoms with E-state index in [0.29, 0.717) is 5.75 Å². The van der Waals surface area contributed by atoms with E-state index in [2.05, 4.69) is 47.6 Å². The second-order valence-electron chi connectivity index (χ2n) is 5.83. The van der Waals surface area contributed by atoms with E-state index in [1.807, 2.05) is 23.6 Å². The number of methoxy groups -OCH3 is 2. The maximum Gasteiger partial charge on any atom is 0.203 e. The van der Waals surface area contributed by atoms with Crippen LogP contribution in [0, 0.1) is 13.8 Å². The van der Waals surface area contributed by atoms with Gasteiger partial charge in [0, 0.05) is 22.6 Å². The number of rotatable bonds is 6. The number of benzene rings is 2. The van der Waals surface area contributed by atoms with E-state index >= 15 is 0 Å². The molecule has 2 aromatic carbocycles. The molecule has 3 rings (SSSR count). The van der Waals surface area contributed by atoms with Crippen LogP contribution in [0.3, 0.4) is 0 Å². The highest BCUT2D eigenvalue weighted by atomic mass is 32.1. The first kappa shape index (κ1) is 17.9. The lowest BCUT2D eigenvalue weighted by Crippen LogP contribution is -1.95. The molecular formula is C20H21N3O2S. The molecule has 0 saturated carbocycles. The minimum atomic E-state index is 0.699. The van der Waals surface area contributed by atoms with E-state index in [4.69, 9.17) is 9.47 Å². The number of aryl methyl sites for hydroxylation is 2. The van der Waals surface area contributed by atoms with Crippen LogP contribution in [0.15, 0.2) is 46.9 Å². The lowest BCUT2D eigenvalue weighted by Gasteiger charge is -2.06. The molecule has 0 aliphatic carbocycles. The van der Waals surface area contributed by atoms with Crippen molar-refractivity contribution in [1.82, 2.24) is 4.98 Å². The van der Waals surface area contributed by atoms with Crippen molar-refractivity contribution in [2.24, 2.45) is 5.10 Å². The fourth-order valence-corrected chi connectivity index (χ4v) is 3.29. The number of aromatic nitrogens is 1. The van der Waals surface area contributed by atoms with Crippen LogP contribution in [0.25, 0.3) is 11.3 Å². The topological polar surface area (TPSA) is 55.7 Å². The van der Waals surface area contributed by atoms with Crippen molar-refractivity contribution < 1.29 is 9.47 Å². The van der Waals surface area contributed by atoms with Gasteiger partial charge in [-0.3, -0.25) is 5.43 Å². The van der Waals surface area contributed by atoms with Gasteiger partial charge >= 0.3 is 0 Å². The van der Waals surface area contributed by atoms with Crippen molar-refractivity contribution in [3.05, 3.63) is 58.5 Å². The van der Waals surface area contributed by atoms with Gasteiger partial charge in [-0.2, -0.15) is 5.10 Å². The maximum atomic E-state index is 5.36. The highest BCUT2D eigenvalue weighted by Crippen LogP contribution is 2.28. The van der Waals surface area contributed by atoms with E-state index < -0.39 is 0 Å².